The molecule has 0 aliphatic carbocycles. The van der Waals surface area contributed by atoms with Crippen molar-refractivity contribution in [3.05, 3.63) is 29.3 Å². The molecule has 0 heterocycles. The Hall–Kier alpha value is -0.590. The van der Waals surface area contributed by atoms with Crippen LogP contribution in [0.1, 0.15) is 0 Å². The zero-order valence-electron chi connectivity index (χ0n) is 4.87. The van der Waals surface area contributed by atoms with E-state index in [0.717, 1.165) is 0 Å². The lowest BCUT2D eigenvalue weighted by Gasteiger charge is -1.95. The fourth-order valence-electron chi connectivity index (χ4n) is 0.506. The molecule has 0 bridgehead atoms. The Kier molecular flexibility index (Phi) is 2.67. The SMILES string of the molecule is O=POc1c[c]ccc1Cl. The lowest BCUT2D eigenvalue weighted by Crippen LogP contribution is -1.74. The van der Waals surface area contributed by atoms with Gasteiger partial charge in [-0.25, -0.2) is 4.57 Å². The molecule has 0 saturated carbocycles. The Morgan fingerprint density at radius 3 is 3.10 bits per heavy atom. The number of rotatable bonds is 2. The molecule has 10 heavy (non-hydrogen) atoms. The monoisotopic (exact) mass is 173 g/mol. The van der Waals surface area contributed by atoms with E-state index in [9.17, 15) is 4.57 Å². The lowest BCUT2D eigenvalue weighted by atomic mass is 10.3. The molecule has 0 atom stereocenters. The van der Waals surface area contributed by atoms with E-state index >= 15 is 0 Å². The standard InChI is InChI=1S/C6H3ClO2P/c7-5-3-1-2-4-6(5)9-10-8/h1,3-4H. The van der Waals surface area contributed by atoms with E-state index in [1.54, 1.807) is 12.1 Å². The molecule has 1 radical (unpaired) electrons. The second-order valence-electron chi connectivity index (χ2n) is 1.52. The van der Waals surface area contributed by atoms with Gasteiger partial charge in [-0.05, 0) is 18.2 Å². The Morgan fingerprint density at radius 2 is 2.50 bits per heavy atom. The van der Waals surface area contributed by atoms with Crippen molar-refractivity contribution < 1.29 is 9.09 Å². The van der Waals surface area contributed by atoms with Crippen molar-refractivity contribution in [3.8, 4) is 5.75 Å². The van der Waals surface area contributed by atoms with Crippen molar-refractivity contribution in [2.45, 2.75) is 0 Å². The van der Waals surface area contributed by atoms with Crippen LogP contribution < -0.4 is 4.52 Å². The van der Waals surface area contributed by atoms with Gasteiger partial charge in [-0.15, -0.1) is 0 Å². The maximum atomic E-state index is 9.93. The predicted octanol–water partition coefficient (Wildman–Crippen LogP) is 2.73. The molecule has 1 aromatic carbocycles. The number of hydrogen-bond donors (Lipinski definition) is 0. The molecule has 0 fully saturated rings. The van der Waals surface area contributed by atoms with Crippen LogP contribution in [0.2, 0.25) is 5.02 Å². The number of benzene rings is 1. The molecule has 4 heteroatoms. The fourth-order valence-corrected chi connectivity index (χ4v) is 0.948. The summed E-state index contributed by atoms with van der Waals surface area (Å²) in [6, 6.07) is 7.52. The van der Waals surface area contributed by atoms with E-state index < -0.39 is 8.69 Å². The second-order valence-corrected chi connectivity index (χ2v) is 2.26. The van der Waals surface area contributed by atoms with Gasteiger partial charge in [-0.1, -0.05) is 17.7 Å². The third-order valence-corrected chi connectivity index (χ3v) is 1.49. The van der Waals surface area contributed by atoms with Gasteiger partial charge < -0.3 is 4.52 Å². The van der Waals surface area contributed by atoms with E-state index in [1.807, 2.05) is 0 Å². The highest BCUT2D eigenvalue weighted by atomic mass is 35.5. The number of halogens is 1. The van der Waals surface area contributed by atoms with Crippen LogP contribution >= 0.6 is 20.3 Å². The molecule has 1 rings (SSSR count). The zero-order valence-corrected chi connectivity index (χ0v) is 6.52. The molecule has 0 aliphatic heterocycles. The average molecular weight is 174 g/mol. The van der Waals surface area contributed by atoms with Crippen LogP contribution in [0.15, 0.2) is 18.2 Å². The highest BCUT2D eigenvalue weighted by Gasteiger charge is 1.97. The van der Waals surface area contributed by atoms with Crippen LogP contribution in [-0.2, 0) is 4.57 Å². The zero-order chi connectivity index (χ0) is 7.40. The third kappa shape index (κ3) is 1.69. The smallest absolute Gasteiger partial charge is 0.395 e. The Balaban J connectivity index is 2.91. The summed E-state index contributed by atoms with van der Waals surface area (Å²) in [5, 5.41) is 0.433. The van der Waals surface area contributed by atoms with Gasteiger partial charge in [-0.3, -0.25) is 0 Å². The highest BCUT2D eigenvalue weighted by Crippen LogP contribution is 2.25. The Labute approximate surface area is 65.1 Å². The summed E-state index contributed by atoms with van der Waals surface area (Å²) in [4.78, 5) is 0. The minimum absolute atomic E-state index is 0.376. The maximum absolute atomic E-state index is 9.93. The minimum Gasteiger partial charge on any atom is -0.406 e. The molecule has 0 unspecified atom stereocenters. The third-order valence-electron chi connectivity index (χ3n) is 0.911. The van der Waals surface area contributed by atoms with Gasteiger partial charge >= 0.3 is 8.69 Å². The molecule has 51 valence electrons. The first kappa shape index (κ1) is 7.52. The molecule has 0 aliphatic rings. The van der Waals surface area contributed by atoms with Crippen molar-refractivity contribution in [3.63, 3.8) is 0 Å². The van der Waals surface area contributed by atoms with Gasteiger partial charge in [0.1, 0.15) is 0 Å². The predicted molar refractivity (Wildman–Crippen MR) is 38.5 cm³/mol. The summed E-state index contributed by atoms with van der Waals surface area (Å²) in [5.74, 6) is 0.376. The van der Waals surface area contributed by atoms with Gasteiger partial charge in [0.25, 0.3) is 0 Å². The van der Waals surface area contributed by atoms with Gasteiger partial charge in [0, 0.05) is 0 Å². The molecule has 2 nitrogen and oxygen atoms in total. The van der Waals surface area contributed by atoms with E-state index in [4.69, 9.17) is 11.6 Å². The van der Waals surface area contributed by atoms with Crippen molar-refractivity contribution in [2.24, 2.45) is 0 Å². The first-order chi connectivity index (χ1) is 4.84. The summed E-state index contributed by atoms with van der Waals surface area (Å²) in [5.41, 5.74) is 0. The lowest BCUT2D eigenvalue weighted by molar-refractivity contribution is 0.525. The van der Waals surface area contributed by atoms with E-state index in [1.165, 1.54) is 6.07 Å². The molecule has 0 aromatic heterocycles. The van der Waals surface area contributed by atoms with E-state index in [2.05, 4.69) is 10.6 Å². The first-order valence-electron chi connectivity index (χ1n) is 2.50. The van der Waals surface area contributed by atoms with Crippen LogP contribution in [0, 0.1) is 6.07 Å². The van der Waals surface area contributed by atoms with Crippen molar-refractivity contribution in [1.29, 1.82) is 0 Å². The minimum atomic E-state index is -0.404. The highest BCUT2D eigenvalue weighted by molar-refractivity contribution is 7.17. The van der Waals surface area contributed by atoms with Gasteiger partial charge in [-0.2, -0.15) is 0 Å². The fraction of sp³-hybridized carbons (Fsp3) is 0. The quantitative estimate of drug-likeness (QED) is 0.643. The van der Waals surface area contributed by atoms with Crippen molar-refractivity contribution >= 4 is 20.3 Å². The van der Waals surface area contributed by atoms with Crippen LogP contribution in [-0.4, -0.2) is 0 Å². The average Bonchev–Trinajstić information content (AvgIpc) is 1.94. The summed E-state index contributed by atoms with van der Waals surface area (Å²) < 4.78 is 14.5. The summed E-state index contributed by atoms with van der Waals surface area (Å²) in [6.45, 7) is 0. The first-order valence-corrected chi connectivity index (χ1v) is 3.60. The molecular weight excluding hydrogens is 170 g/mol. The summed E-state index contributed by atoms with van der Waals surface area (Å²) >= 11 is 5.61. The molecule has 0 saturated heterocycles. The molecule has 1 aromatic rings. The van der Waals surface area contributed by atoms with Crippen LogP contribution in [0.3, 0.4) is 0 Å². The Morgan fingerprint density at radius 1 is 1.70 bits per heavy atom. The molecule has 0 N–H and O–H groups in total. The van der Waals surface area contributed by atoms with E-state index in [-0.39, 0.29) is 0 Å². The van der Waals surface area contributed by atoms with Gasteiger partial charge in [0.2, 0.25) is 0 Å². The molecule has 0 spiro atoms. The van der Waals surface area contributed by atoms with Crippen LogP contribution in [0.5, 0.6) is 5.75 Å². The summed E-state index contributed by atoms with van der Waals surface area (Å²) in [6.07, 6.45) is 0. The van der Waals surface area contributed by atoms with Crippen LogP contribution in [0.25, 0.3) is 0 Å². The van der Waals surface area contributed by atoms with Crippen molar-refractivity contribution in [1.82, 2.24) is 0 Å². The second kappa shape index (κ2) is 3.55. The maximum Gasteiger partial charge on any atom is 0.395 e. The van der Waals surface area contributed by atoms with Crippen LogP contribution in [0.4, 0.5) is 0 Å². The van der Waals surface area contributed by atoms with Gasteiger partial charge in [0.15, 0.2) is 5.75 Å². The topological polar surface area (TPSA) is 26.3 Å². The largest absolute Gasteiger partial charge is 0.406 e. The van der Waals surface area contributed by atoms with Gasteiger partial charge in [0.05, 0.1) is 5.02 Å². The van der Waals surface area contributed by atoms with Crippen molar-refractivity contribution in [2.75, 3.05) is 0 Å². The number of hydrogen-bond acceptors (Lipinski definition) is 2. The molecule has 0 amide bonds. The summed E-state index contributed by atoms with van der Waals surface area (Å²) in [7, 11) is -0.404. The molecular formula is C6H3ClO2P. The Bertz CT molecular complexity index is 239. The normalized spacial score (nSPS) is 9.70. The van der Waals surface area contributed by atoms with E-state index in [0.29, 0.717) is 10.8 Å².